The number of fused-ring (bicyclic) bond motifs is 1. The van der Waals surface area contributed by atoms with Crippen LogP contribution in [0.4, 0.5) is 5.82 Å². The molecular weight excluding hydrogens is 206 g/mol. The summed E-state index contributed by atoms with van der Waals surface area (Å²) in [6.07, 6.45) is 4.60. The second kappa shape index (κ2) is 4.84. The minimum Gasteiger partial charge on any atom is -0.383 e. The summed E-state index contributed by atoms with van der Waals surface area (Å²) in [6, 6.07) is 0. The summed E-state index contributed by atoms with van der Waals surface area (Å²) < 4.78 is 0. The van der Waals surface area contributed by atoms with Crippen molar-refractivity contribution < 1.29 is 0 Å². The van der Waals surface area contributed by atoms with Crippen molar-refractivity contribution in [1.29, 1.82) is 0 Å². The van der Waals surface area contributed by atoms with Crippen LogP contribution in [0.5, 0.6) is 0 Å². The van der Waals surface area contributed by atoms with E-state index < -0.39 is 0 Å². The number of nitrogen functional groups attached to an aromatic ring is 1. The van der Waals surface area contributed by atoms with Gasteiger partial charge < -0.3 is 5.73 Å². The lowest BCUT2D eigenvalue weighted by Gasteiger charge is -2.16. The highest BCUT2D eigenvalue weighted by atomic mass is 32.2. The number of rotatable bonds is 3. The van der Waals surface area contributed by atoms with Crippen LogP contribution in [0.1, 0.15) is 36.8 Å². The van der Waals surface area contributed by atoms with Crippen LogP contribution >= 0.6 is 11.8 Å². The molecule has 0 aliphatic heterocycles. The zero-order valence-electron chi connectivity index (χ0n) is 9.12. The minimum atomic E-state index is 0.714. The molecule has 0 saturated heterocycles. The summed E-state index contributed by atoms with van der Waals surface area (Å²) >= 11 is 1.84. The van der Waals surface area contributed by atoms with E-state index in [0.717, 1.165) is 30.2 Å². The van der Waals surface area contributed by atoms with Crippen molar-refractivity contribution in [2.24, 2.45) is 0 Å². The van der Waals surface area contributed by atoms with Gasteiger partial charge in [-0.3, -0.25) is 0 Å². The van der Waals surface area contributed by atoms with Gasteiger partial charge in [0, 0.05) is 11.3 Å². The molecule has 82 valence electrons. The van der Waals surface area contributed by atoms with E-state index in [0.29, 0.717) is 5.82 Å². The van der Waals surface area contributed by atoms with Crippen molar-refractivity contribution >= 4 is 17.6 Å². The molecule has 0 bridgehead atoms. The number of nitrogens with two attached hydrogens (primary N) is 1. The molecule has 15 heavy (non-hydrogen) atoms. The van der Waals surface area contributed by atoms with E-state index in [9.17, 15) is 0 Å². The molecule has 1 aliphatic rings. The Hall–Kier alpha value is -0.770. The number of nitrogens with zero attached hydrogens (tertiary/aromatic N) is 2. The summed E-state index contributed by atoms with van der Waals surface area (Å²) in [5, 5.41) is 0. The average molecular weight is 223 g/mol. The van der Waals surface area contributed by atoms with E-state index in [1.807, 2.05) is 11.8 Å². The highest BCUT2D eigenvalue weighted by molar-refractivity contribution is 7.98. The predicted octanol–water partition coefficient (Wildman–Crippen LogP) is 2.19. The fourth-order valence-electron chi connectivity index (χ4n) is 1.93. The molecular formula is C11H17N3S. The summed E-state index contributed by atoms with van der Waals surface area (Å²) in [6.45, 7) is 2.15. The number of anilines is 1. The SMILES string of the molecule is CCSCc1nc(N)c2c(n1)CCCC2. The maximum Gasteiger partial charge on any atom is 0.140 e. The Balaban J connectivity index is 2.24. The van der Waals surface area contributed by atoms with Crippen LogP contribution in [0.2, 0.25) is 0 Å². The molecule has 0 unspecified atom stereocenters. The molecule has 1 aliphatic carbocycles. The van der Waals surface area contributed by atoms with E-state index in [2.05, 4.69) is 16.9 Å². The predicted molar refractivity (Wildman–Crippen MR) is 64.9 cm³/mol. The molecule has 0 spiro atoms. The van der Waals surface area contributed by atoms with Crippen LogP contribution in [0.25, 0.3) is 0 Å². The van der Waals surface area contributed by atoms with E-state index in [1.165, 1.54) is 24.1 Å². The largest absolute Gasteiger partial charge is 0.383 e. The van der Waals surface area contributed by atoms with Crippen molar-refractivity contribution in [2.45, 2.75) is 38.4 Å². The second-order valence-corrected chi connectivity index (χ2v) is 5.07. The van der Waals surface area contributed by atoms with Crippen molar-refractivity contribution in [3.8, 4) is 0 Å². The number of aromatic nitrogens is 2. The Labute approximate surface area is 94.9 Å². The molecule has 0 saturated carbocycles. The van der Waals surface area contributed by atoms with Gasteiger partial charge in [-0.15, -0.1) is 0 Å². The maximum absolute atomic E-state index is 5.95. The first-order chi connectivity index (χ1) is 7.31. The van der Waals surface area contributed by atoms with Crippen LogP contribution in [0.15, 0.2) is 0 Å². The van der Waals surface area contributed by atoms with Crippen LogP contribution in [0, 0.1) is 0 Å². The first kappa shape index (κ1) is 10.7. The fourth-order valence-corrected chi connectivity index (χ4v) is 2.45. The summed E-state index contributed by atoms with van der Waals surface area (Å²) in [5.41, 5.74) is 8.35. The van der Waals surface area contributed by atoms with Gasteiger partial charge in [-0.05, 0) is 31.4 Å². The number of aryl methyl sites for hydroxylation is 1. The quantitative estimate of drug-likeness (QED) is 0.853. The molecule has 0 aromatic carbocycles. The van der Waals surface area contributed by atoms with Crippen molar-refractivity contribution in [3.63, 3.8) is 0 Å². The number of thioether (sulfide) groups is 1. The van der Waals surface area contributed by atoms with Gasteiger partial charge in [0.05, 0.1) is 5.75 Å². The van der Waals surface area contributed by atoms with E-state index in [-0.39, 0.29) is 0 Å². The lowest BCUT2D eigenvalue weighted by atomic mass is 9.96. The second-order valence-electron chi connectivity index (χ2n) is 3.79. The summed E-state index contributed by atoms with van der Waals surface area (Å²) in [4.78, 5) is 8.97. The van der Waals surface area contributed by atoms with Crippen LogP contribution in [0.3, 0.4) is 0 Å². The van der Waals surface area contributed by atoms with E-state index in [1.54, 1.807) is 0 Å². The molecule has 1 heterocycles. The lowest BCUT2D eigenvalue weighted by Crippen LogP contribution is -2.12. The third kappa shape index (κ3) is 2.43. The molecule has 1 aromatic rings. The molecule has 3 nitrogen and oxygen atoms in total. The Morgan fingerprint density at radius 2 is 2.07 bits per heavy atom. The fraction of sp³-hybridized carbons (Fsp3) is 0.636. The summed E-state index contributed by atoms with van der Waals surface area (Å²) in [5.74, 6) is 3.60. The van der Waals surface area contributed by atoms with Gasteiger partial charge in [-0.1, -0.05) is 6.92 Å². The molecule has 2 N–H and O–H groups in total. The summed E-state index contributed by atoms with van der Waals surface area (Å²) in [7, 11) is 0. The van der Waals surface area contributed by atoms with Crippen LogP contribution < -0.4 is 5.73 Å². The minimum absolute atomic E-state index is 0.714. The van der Waals surface area contributed by atoms with Crippen LogP contribution in [-0.4, -0.2) is 15.7 Å². The zero-order chi connectivity index (χ0) is 10.7. The van der Waals surface area contributed by atoms with Crippen molar-refractivity contribution in [3.05, 3.63) is 17.1 Å². The maximum atomic E-state index is 5.95. The van der Waals surface area contributed by atoms with Gasteiger partial charge in [0.1, 0.15) is 11.6 Å². The molecule has 0 atom stereocenters. The molecule has 1 aromatic heterocycles. The van der Waals surface area contributed by atoms with Gasteiger partial charge in [0.15, 0.2) is 0 Å². The van der Waals surface area contributed by atoms with Gasteiger partial charge in [-0.25, -0.2) is 9.97 Å². The molecule has 0 radical (unpaired) electrons. The highest BCUT2D eigenvalue weighted by Gasteiger charge is 2.15. The van der Waals surface area contributed by atoms with Gasteiger partial charge in [-0.2, -0.15) is 11.8 Å². The Kier molecular flexibility index (Phi) is 3.46. The van der Waals surface area contributed by atoms with Crippen molar-refractivity contribution in [2.75, 3.05) is 11.5 Å². The number of hydrogen-bond donors (Lipinski definition) is 1. The average Bonchev–Trinajstić information content (AvgIpc) is 2.26. The van der Waals surface area contributed by atoms with E-state index >= 15 is 0 Å². The Bertz CT molecular complexity index is 352. The van der Waals surface area contributed by atoms with Gasteiger partial charge in [0.25, 0.3) is 0 Å². The van der Waals surface area contributed by atoms with E-state index in [4.69, 9.17) is 5.73 Å². The smallest absolute Gasteiger partial charge is 0.140 e. The molecule has 0 fully saturated rings. The van der Waals surface area contributed by atoms with Gasteiger partial charge in [0.2, 0.25) is 0 Å². The standard InChI is InChI=1S/C11H17N3S/c1-2-15-7-10-13-9-6-4-3-5-8(9)11(12)14-10/h2-7H2,1H3,(H2,12,13,14). The Morgan fingerprint density at radius 1 is 1.27 bits per heavy atom. The highest BCUT2D eigenvalue weighted by Crippen LogP contribution is 2.24. The zero-order valence-corrected chi connectivity index (χ0v) is 9.94. The molecule has 4 heteroatoms. The normalized spacial score (nSPS) is 15.0. The third-order valence-electron chi connectivity index (χ3n) is 2.70. The lowest BCUT2D eigenvalue weighted by molar-refractivity contribution is 0.660. The first-order valence-corrected chi connectivity index (χ1v) is 6.68. The Morgan fingerprint density at radius 3 is 2.87 bits per heavy atom. The monoisotopic (exact) mass is 223 g/mol. The molecule has 2 rings (SSSR count). The number of hydrogen-bond acceptors (Lipinski definition) is 4. The first-order valence-electron chi connectivity index (χ1n) is 5.53. The molecule has 0 amide bonds. The van der Waals surface area contributed by atoms with Crippen LogP contribution in [-0.2, 0) is 18.6 Å². The topological polar surface area (TPSA) is 51.8 Å². The third-order valence-corrected chi connectivity index (χ3v) is 3.57. The van der Waals surface area contributed by atoms with Gasteiger partial charge >= 0.3 is 0 Å². The van der Waals surface area contributed by atoms with Crippen molar-refractivity contribution in [1.82, 2.24) is 9.97 Å².